The van der Waals surface area contributed by atoms with Crippen molar-refractivity contribution in [2.45, 2.75) is 64.8 Å². The summed E-state index contributed by atoms with van der Waals surface area (Å²) in [5.41, 5.74) is 0. The average molecular weight is 227 g/mol. The molecule has 1 aliphatic heterocycles. The number of piperidine rings is 1. The second-order valence-corrected chi connectivity index (χ2v) is 5.40. The molecular formula is C14H29NO. The highest BCUT2D eigenvalue weighted by atomic mass is 16.3. The minimum atomic E-state index is 0.348. The largest absolute Gasteiger partial charge is 0.395 e. The number of likely N-dealkylation sites (tertiary alicyclic amines) is 1. The fourth-order valence-electron chi connectivity index (χ4n) is 2.59. The first-order valence-electron chi connectivity index (χ1n) is 7.12. The van der Waals surface area contributed by atoms with E-state index >= 15 is 0 Å². The van der Waals surface area contributed by atoms with Crippen LogP contribution in [0.2, 0.25) is 0 Å². The van der Waals surface area contributed by atoms with Crippen LogP contribution in [0.15, 0.2) is 0 Å². The zero-order valence-electron chi connectivity index (χ0n) is 11.1. The number of aliphatic hydroxyl groups is 1. The van der Waals surface area contributed by atoms with Crippen molar-refractivity contribution < 1.29 is 5.11 Å². The lowest BCUT2D eigenvalue weighted by molar-refractivity contribution is 0.0829. The van der Waals surface area contributed by atoms with E-state index < -0.39 is 0 Å². The van der Waals surface area contributed by atoms with Gasteiger partial charge in [0.15, 0.2) is 0 Å². The summed E-state index contributed by atoms with van der Waals surface area (Å²) >= 11 is 0. The molecule has 1 unspecified atom stereocenters. The maximum Gasteiger partial charge on any atom is 0.0586 e. The summed E-state index contributed by atoms with van der Waals surface area (Å²) in [6.45, 7) is 7.32. The molecule has 0 saturated carbocycles. The molecular weight excluding hydrogens is 198 g/mol. The van der Waals surface area contributed by atoms with Crippen molar-refractivity contribution >= 4 is 0 Å². The zero-order chi connectivity index (χ0) is 11.8. The van der Waals surface area contributed by atoms with Crippen LogP contribution in [0.4, 0.5) is 0 Å². The van der Waals surface area contributed by atoms with Gasteiger partial charge in [-0.2, -0.15) is 0 Å². The highest BCUT2D eigenvalue weighted by Crippen LogP contribution is 2.20. The molecule has 16 heavy (non-hydrogen) atoms. The van der Waals surface area contributed by atoms with E-state index in [9.17, 15) is 5.11 Å². The first-order chi connectivity index (χ1) is 7.77. The van der Waals surface area contributed by atoms with Crippen LogP contribution in [0.3, 0.4) is 0 Å². The molecule has 0 aromatic rings. The van der Waals surface area contributed by atoms with Gasteiger partial charge in [0.2, 0.25) is 0 Å². The SMILES string of the molecule is CCCCCCC(CO)N1CCC(C)CC1. The number of hydrogen-bond acceptors (Lipinski definition) is 2. The number of hydrogen-bond donors (Lipinski definition) is 1. The Morgan fingerprint density at radius 2 is 1.88 bits per heavy atom. The van der Waals surface area contributed by atoms with E-state index in [1.807, 2.05) is 0 Å². The molecule has 0 radical (unpaired) electrons. The Balaban J connectivity index is 2.19. The summed E-state index contributed by atoms with van der Waals surface area (Å²) in [5.74, 6) is 0.885. The lowest BCUT2D eigenvalue weighted by Gasteiger charge is -2.36. The van der Waals surface area contributed by atoms with Crippen LogP contribution >= 0.6 is 0 Å². The molecule has 1 heterocycles. The van der Waals surface area contributed by atoms with Gasteiger partial charge in [-0.15, -0.1) is 0 Å². The lowest BCUT2D eigenvalue weighted by Crippen LogP contribution is -2.42. The summed E-state index contributed by atoms with van der Waals surface area (Å²) in [6, 6.07) is 0.435. The van der Waals surface area contributed by atoms with E-state index in [2.05, 4.69) is 18.7 Å². The van der Waals surface area contributed by atoms with Crippen LogP contribution in [-0.2, 0) is 0 Å². The molecule has 0 aromatic heterocycles. The van der Waals surface area contributed by atoms with Gasteiger partial charge >= 0.3 is 0 Å². The zero-order valence-corrected chi connectivity index (χ0v) is 11.1. The lowest BCUT2D eigenvalue weighted by atomic mass is 9.96. The van der Waals surface area contributed by atoms with Crippen LogP contribution in [0, 0.1) is 5.92 Å². The number of rotatable bonds is 7. The third-order valence-corrected chi connectivity index (χ3v) is 3.94. The van der Waals surface area contributed by atoms with E-state index in [1.54, 1.807) is 0 Å². The Labute approximate surface area is 101 Å². The maximum absolute atomic E-state index is 9.46. The third kappa shape index (κ3) is 4.84. The van der Waals surface area contributed by atoms with Gasteiger partial charge in [0.25, 0.3) is 0 Å². The summed E-state index contributed by atoms with van der Waals surface area (Å²) < 4.78 is 0. The fraction of sp³-hybridized carbons (Fsp3) is 1.00. The van der Waals surface area contributed by atoms with Gasteiger partial charge in [-0.05, 0) is 38.3 Å². The molecule has 0 aromatic carbocycles. The quantitative estimate of drug-likeness (QED) is 0.676. The molecule has 1 aliphatic rings. The molecule has 2 nitrogen and oxygen atoms in total. The van der Waals surface area contributed by atoms with Gasteiger partial charge in [0, 0.05) is 6.04 Å². The Hall–Kier alpha value is -0.0800. The van der Waals surface area contributed by atoms with Gasteiger partial charge in [-0.3, -0.25) is 4.90 Å². The first-order valence-corrected chi connectivity index (χ1v) is 7.12. The smallest absolute Gasteiger partial charge is 0.0586 e. The van der Waals surface area contributed by atoms with Gasteiger partial charge in [-0.25, -0.2) is 0 Å². The molecule has 0 spiro atoms. The monoisotopic (exact) mass is 227 g/mol. The third-order valence-electron chi connectivity index (χ3n) is 3.94. The van der Waals surface area contributed by atoms with Crippen molar-refractivity contribution in [1.29, 1.82) is 0 Å². The van der Waals surface area contributed by atoms with E-state index in [4.69, 9.17) is 0 Å². The standard InChI is InChI=1S/C14H29NO/c1-3-4-5-6-7-14(12-16)15-10-8-13(2)9-11-15/h13-14,16H,3-12H2,1-2H3. The topological polar surface area (TPSA) is 23.5 Å². The van der Waals surface area contributed by atoms with Gasteiger partial charge in [-0.1, -0.05) is 39.5 Å². The van der Waals surface area contributed by atoms with Gasteiger partial charge < -0.3 is 5.11 Å². The highest BCUT2D eigenvalue weighted by Gasteiger charge is 2.22. The summed E-state index contributed by atoms with van der Waals surface area (Å²) in [6.07, 6.45) is 9.06. The molecule has 0 bridgehead atoms. The Morgan fingerprint density at radius 3 is 2.44 bits per heavy atom. The van der Waals surface area contributed by atoms with E-state index in [-0.39, 0.29) is 0 Å². The normalized spacial score (nSPS) is 21.2. The molecule has 1 saturated heterocycles. The van der Waals surface area contributed by atoms with Crippen molar-refractivity contribution in [3.8, 4) is 0 Å². The van der Waals surface area contributed by atoms with Gasteiger partial charge in [0.1, 0.15) is 0 Å². The number of nitrogens with zero attached hydrogens (tertiary/aromatic N) is 1. The van der Waals surface area contributed by atoms with Crippen LogP contribution in [0.1, 0.15) is 58.8 Å². The van der Waals surface area contributed by atoms with E-state index in [0.29, 0.717) is 12.6 Å². The summed E-state index contributed by atoms with van der Waals surface area (Å²) in [7, 11) is 0. The van der Waals surface area contributed by atoms with Crippen LogP contribution < -0.4 is 0 Å². The Bertz CT molecular complexity index is 164. The maximum atomic E-state index is 9.46. The van der Waals surface area contributed by atoms with Crippen LogP contribution in [-0.4, -0.2) is 35.7 Å². The highest BCUT2D eigenvalue weighted by molar-refractivity contribution is 4.76. The molecule has 96 valence electrons. The fourth-order valence-corrected chi connectivity index (χ4v) is 2.59. The summed E-state index contributed by atoms with van der Waals surface area (Å²) in [4.78, 5) is 2.51. The molecule has 1 atom stereocenters. The summed E-state index contributed by atoms with van der Waals surface area (Å²) in [5, 5.41) is 9.46. The van der Waals surface area contributed by atoms with Crippen molar-refractivity contribution in [2.24, 2.45) is 5.92 Å². The van der Waals surface area contributed by atoms with Crippen molar-refractivity contribution in [1.82, 2.24) is 4.90 Å². The Morgan fingerprint density at radius 1 is 1.19 bits per heavy atom. The van der Waals surface area contributed by atoms with Crippen LogP contribution in [0.25, 0.3) is 0 Å². The van der Waals surface area contributed by atoms with Crippen LogP contribution in [0.5, 0.6) is 0 Å². The molecule has 1 N–H and O–H groups in total. The van der Waals surface area contributed by atoms with Crippen molar-refractivity contribution in [3.63, 3.8) is 0 Å². The minimum absolute atomic E-state index is 0.348. The van der Waals surface area contributed by atoms with Crippen molar-refractivity contribution in [3.05, 3.63) is 0 Å². The van der Waals surface area contributed by atoms with Gasteiger partial charge in [0.05, 0.1) is 6.61 Å². The second-order valence-electron chi connectivity index (χ2n) is 5.40. The minimum Gasteiger partial charge on any atom is -0.395 e. The molecule has 0 amide bonds. The van der Waals surface area contributed by atoms with E-state index in [1.165, 1.54) is 58.0 Å². The Kier molecular flexibility index (Phi) is 7.06. The average Bonchev–Trinajstić information content (AvgIpc) is 2.31. The van der Waals surface area contributed by atoms with E-state index in [0.717, 1.165) is 5.92 Å². The number of aliphatic hydroxyl groups excluding tert-OH is 1. The molecule has 1 rings (SSSR count). The van der Waals surface area contributed by atoms with Crippen molar-refractivity contribution in [2.75, 3.05) is 19.7 Å². The predicted octanol–water partition coefficient (Wildman–Crippen LogP) is 3.05. The first kappa shape index (κ1) is 14.0. The molecule has 0 aliphatic carbocycles. The molecule has 2 heteroatoms. The number of unbranched alkanes of at least 4 members (excludes halogenated alkanes) is 3. The molecule has 1 fully saturated rings. The predicted molar refractivity (Wildman–Crippen MR) is 69.6 cm³/mol. The second kappa shape index (κ2) is 8.08.